The van der Waals surface area contributed by atoms with E-state index in [2.05, 4.69) is 15.5 Å². The minimum atomic E-state index is -0.381. The van der Waals surface area contributed by atoms with Crippen LogP contribution in [0.25, 0.3) is 0 Å². The van der Waals surface area contributed by atoms with Gasteiger partial charge in [0.05, 0.1) is 19.6 Å². The number of aromatic nitrogens is 2. The molecule has 7 nitrogen and oxygen atoms in total. The molecule has 0 saturated heterocycles. The highest BCUT2D eigenvalue weighted by molar-refractivity contribution is 8.01. The van der Waals surface area contributed by atoms with E-state index in [1.54, 1.807) is 18.7 Å². The van der Waals surface area contributed by atoms with Crippen LogP contribution in [0.5, 0.6) is 5.75 Å². The summed E-state index contributed by atoms with van der Waals surface area (Å²) in [6.07, 6.45) is 1.000. The van der Waals surface area contributed by atoms with Crippen molar-refractivity contribution in [1.82, 2.24) is 10.2 Å². The first kappa shape index (κ1) is 20.2. The van der Waals surface area contributed by atoms with Gasteiger partial charge in [0.2, 0.25) is 11.0 Å². The number of benzene rings is 1. The van der Waals surface area contributed by atoms with Crippen LogP contribution in [0.4, 0.5) is 5.13 Å². The minimum absolute atomic E-state index is 0.0570. The number of hydrogen-bond acceptors (Lipinski definition) is 8. The normalized spacial score (nSPS) is 10.3. The SMILES string of the molecule is CCOC(=O)CCC(=O)Nc1nnc(SCCCOc2ccccc2)s1. The van der Waals surface area contributed by atoms with Crippen molar-refractivity contribution < 1.29 is 19.1 Å². The predicted octanol–water partition coefficient (Wildman–Crippen LogP) is 3.38. The van der Waals surface area contributed by atoms with Crippen molar-refractivity contribution in [3.8, 4) is 5.75 Å². The Balaban J connectivity index is 1.61. The highest BCUT2D eigenvalue weighted by Crippen LogP contribution is 2.26. The Hall–Kier alpha value is -2.13. The van der Waals surface area contributed by atoms with Crippen LogP contribution >= 0.6 is 23.1 Å². The lowest BCUT2D eigenvalue weighted by Gasteiger charge is -2.04. The first-order chi connectivity index (χ1) is 12.7. The third-order valence-corrected chi connectivity index (χ3v) is 5.10. The number of nitrogens with zero attached hydrogens (tertiary/aromatic N) is 2. The Morgan fingerprint density at radius 1 is 1.19 bits per heavy atom. The van der Waals surface area contributed by atoms with Crippen molar-refractivity contribution >= 4 is 40.1 Å². The second kappa shape index (κ2) is 11.5. The predicted molar refractivity (Wildman–Crippen MR) is 102 cm³/mol. The van der Waals surface area contributed by atoms with Crippen molar-refractivity contribution in [1.29, 1.82) is 0 Å². The van der Waals surface area contributed by atoms with Crippen LogP contribution in [0.3, 0.4) is 0 Å². The summed E-state index contributed by atoms with van der Waals surface area (Å²) in [6.45, 7) is 2.67. The maximum Gasteiger partial charge on any atom is 0.306 e. The standard InChI is InChI=1S/C17H21N3O4S2/c1-2-23-15(22)10-9-14(21)18-16-19-20-17(26-16)25-12-6-11-24-13-7-4-3-5-8-13/h3-5,7-8H,2,6,9-12H2,1H3,(H,18,19,21). The molecule has 0 radical (unpaired) electrons. The average Bonchev–Trinajstić information content (AvgIpc) is 3.08. The van der Waals surface area contributed by atoms with Gasteiger partial charge < -0.3 is 14.8 Å². The van der Waals surface area contributed by atoms with E-state index in [0.29, 0.717) is 18.3 Å². The molecule has 1 amide bonds. The van der Waals surface area contributed by atoms with Gasteiger partial charge in [-0.25, -0.2) is 0 Å². The number of carbonyl (C=O) groups excluding carboxylic acids is 2. The molecular weight excluding hydrogens is 374 g/mol. The van der Waals surface area contributed by atoms with Crippen LogP contribution in [-0.4, -0.2) is 41.0 Å². The van der Waals surface area contributed by atoms with Gasteiger partial charge in [-0.1, -0.05) is 41.3 Å². The van der Waals surface area contributed by atoms with E-state index in [4.69, 9.17) is 9.47 Å². The third-order valence-electron chi connectivity index (χ3n) is 3.04. The molecule has 0 aliphatic rings. The summed E-state index contributed by atoms with van der Waals surface area (Å²) in [5, 5.41) is 11.0. The zero-order chi connectivity index (χ0) is 18.6. The van der Waals surface area contributed by atoms with E-state index < -0.39 is 0 Å². The number of thioether (sulfide) groups is 1. The molecule has 140 valence electrons. The first-order valence-electron chi connectivity index (χ1n) is 8.27. The van der Waals surface area contributed by atoms with Gasteiger partial charge in [-0.05, 0) is 25.5 Å². The number of rotatable bonds is 11. The number of nitrogens with one attached hydrogen (secondary N) is 1. The lowest BCUT2D eigenvalue weighted by Crippen LogP contribution is -2.14. The minimum Gasteiger partial charge on any atom is -0.494 e. The molecule has 0 aliphatic heterocycles. The molecular formula is C17H21N3O4S2. The highest BCUT2D eigenvalue weighted by atomic mass is 32.2. The first-order valence-corrected chi connectivity index (χ1v) is 10.1. The van der Waals surface area contributed by atoms with Gasteiger partial charge in [-0.15, -0.1) is 10.2 Å². The molecule has 0 fully saturated rings. The molecule has 9 heteroatoms. The maximum absolute atomic E-state index is 11.8. The summed E-state index contributed by atoms with van der Waals surface area (Å²) in [7, 11) is 0. The lowest BCUT2D eigenvalue weighted by molar-refractivity contribution is -0.144. The smallest absolute Gasteiger partial charge is 0.306 e. The second-order valence-corrected chi connectivity index (χ2v) is 7.41. The summed E-state index contributed by atoms with van der Waals surface area (Å²) >= 11 is 2.88. The molecule has 0 atom stereocenters. The van der Waals surface area contributed by atoms with Crippen molar-refractivity contribution in [3.05, 3.63) is 30.3 Å². The summed E-state index contributed by atoms with van der Waals surface area (Å²) in [6, 6.07) is 9.68. The number of ether oxygens (including phenoxy) is 2. The Morgan fingerprint density at radius 3 is 2.77 bits per heavy atom. The fourth-order valence-corrected chi connectivity index (χ4v) is 3.63. The van der Waals surface area contributed by atoms with Crippen molar-refractivity contribution in [3.63, 3.8) is 0 Å². The van der Waals surface area contributed by atoms with E-state index in [9.17, 15) is 9.59 Å². The van der Waals surface area contributed by atoms with Crippen LogP contribution in [-0.2, 0) is 14.3 Å². The number of esters is 1. The molecule has 1 aromatic carbocycles. The number of hydrogen-bond donors (Lipinski definition) is 1. The summed E-state index contributed by atoms with van der Waals surface area (Å²) in [5.41, 5.74) is 0. The van der Waals surface area contributed by atoms with Gasteiger partial charge in [0.1, 0.15) is 5.75 Å². The zero-order valence-corrected chi connectivity index (χ0v) is 16.1. The fourth-order valence-electron chi connectivity index (χ4n) is 1.87. The van der Waals surface area contributed by atoms with Crippen LogP contribution in [0.15, 0.2) is 34.7 Å². The van der Waals surface area contributed by atoms with Gasteiger partial charge in [0.25, 0.3) is 0 Å². The number of carbonyl (C=O) groups is 2. The molecule has 26 heavy (non-hydrogen) atoms. The molecule has 0 aliphatic carbocycles. The van der Waals surface area contributed by atoms with Gasteiger partial charge in [-0.2, -0.15) is 0 Å². The Labute approximate surface area is 160 Å². The molecule has 0 spiro atoms. The van der Waals surface area contributed by atoms with Crippen molar-refractivity contribution in [2.45, 2.75) is 30.5 Å². The topological polar surface area (TPSA) is 90.4 Å². The quantitative estimate of drug-likeness (QED) is 0.270. The monoisotopic (exact) mass is 395 g/mol. The van der Waals surface area contributed by atoms with E-state index in [0.717, 1.165) is 22.3 Å². The van der Waals surface area contributed by atoms with E-state index in [1.165, 1.54) is 11.3 Å². The molecule has 0 unspecified atom stereocenters. The molecule has 2 rings (SSSR count). The van der Waals surface area contributed by atoms with Gasteiger partial charge in [0, 0.05) is 12.2 Å². The number of amides is 1. The highest BCUT2D eigenvalue weighted by Gasteiger charge is 2.11. The second-order valence-electron chi connectivity index (χ2n) is 5.09. The maximum atomic E-state index is 11.8. The van der Waals surface area contributed by atoms with Crippen LogP contribution < -0.4 is 10.1 Å². The number of para-hydroxylation sites is 1. The van der Waals surface area contributed by atoms with Crippen LogP contribution in [0.2, 0.25) is 0 Å². The van der Waals surface area contributed by atoms with E-state index in [-0.39, 0.29) is 24.7 Å². The Bertz CT molecular complexity index is 694. The summed E-state index contributed by atoms with van der Waals surface area (Å²) in [4.78, 5) is 23.0. The molecule has 1 aromatic heterocycles. The third kappa shape index (κ3) is 7.83. The molecule has 2 aromatic rings. The van der Waals surface area contributed by atoms with Gasteiger partial charge in [-0.3, -0.25) is 9.59 Å². The van der Waals surface area contributed by atoms with Crippen molar-refractivity contribution in [2.75, 3.05) is 24.3 Å². The average molecular weight is 396 g/mol. The largest absolute Gasteiger partial charge is 0.494 e. The molecule has 1 heterocycles. The molecule has 1 N–H and O–H groups in total. The molecule has 0 bridgehead atoms. The number of anilines is 1. The van der Waals surface area contributed by atoms with Crippen LogP contribution in [0, 0.1) is 0 Å². The molecule has 0 saturated carbocycles. The van der Waals surface area contributed by atoms with Gasteiger partial charge in [0.15, 0.2) is 4.34 Å². The van der Waals surface area contributed by atoms with Crippen molar-refractivity contribution in [2.24, 2.45) is 0 Å². The van der Waals surface area contributed by atoms with E-state index >= 15 is 0 Å². The van der Waals surface area contributed by atoms with Crippen LogP contribution in [0.1, 0.15) is 26.2 Å². The summed E-state index contributed by atoms with van der Waals surface area (Å²) in [5.74, 6) is 1.05. The Kier molecular flexibility index (Phi) is 8.91. The fraction of sp³-hybridized carbons (Fsp3) is 0.412. The zero-order valence-electron chi connectivity index (χ0n) is 14.5. The van der Waals surface area contributed by atoms with E-state index in [1.807, 2.05) is 30.3 Å². The lowest BCUT2D eigenvalue weighted by atomic mass is 10.3. The van der Waals surface area contributed by atoms with Gasteiger partial charge >= 0.3 is 5.97 Å². The Morgan fingerprint density at radius 2 is 2.00 bits per heavy atom. The summed E-state index contributed by atoms with van der Waals surface area (Å²) < 4.78 is 11.2.